The molecule has 8 heteroatoms. The standard InChI is InChI=1S/C17H20N4O3S/c22-17(14-2-1-5-19-14)21-9-8-20(10-13-3-6-18-7-4-13)15-11-25(23,24)12-16(15)21/h1-7,15-16,19H,8-12H2/t15-,16+/m1/s1. The summed E-state index contributed by atoms with van der Waals surface area (Å²) in [6, 6.07) is 6.92. The highest BCUT2D eigenvalue weighted by Gasteiger charge is 2.48. The topological polar surface area (TPSA) is 86.4 Å². The first-order chi connectivity index (χ1) is 12.0. The van der Waals surface area contributed by atoms with Crippen LogP contribution < -0.4 is 0 Å². The van der Waals surface area contributed by atoms with Crippen molar-refractivity contribution in [2.75, 3.05) is 24.6 Å². The number of hydrogen-bond acceptors (Lipinski definition) is 5. The van der Waals surface area contributed by atoms with Gasteiger partial charge in [0.05, 0.1) is 17.5 Å². The quantitative estimate of drug-likeness (QED) is 0.863. The summed E-state index contributed by atoms with van der Waals surface area (Å²) in [6.07, 6.45) is 5.18. The number of nitrogens with one attached hydrogen (secondary N) is 1. The molecule has 1 amide bonds. The molecular weight excluding hydrogens is 340 g/mol. The van der Waals surface area contributed by atoms with E-state index < -0.39 is 9.84 Å². The molecule has 7 nitrogen and oxygen atoms in total. The summed E-state index contributed by atoms with van der Waals surface area (Å²) in [5.74, 6) is 0.0227. The van der Waals surface area contributed by atoms with Gasteiger partial charge in [0.15, 0.2) is 9.84 Å². The first kappa shape index (κ1) is 16.3. The van der Waals surface area contributed by atoms with Crippen molar-refractivity contribution in [3.63, 3.8) is 0 Å². The monoisotopic (exact) mass is 360 g/mol. The van der Waals surface area contributed by atoms with Gasteiger partial charge in [-0.1, -0.05) is 0 Å². The van der Waals surface area contributed by atoms with Crippen molar-refractivity contribution in [3.8, 4) is 0 Å². The highest BCUT2D eigenvalue weighted by molar-refractivity contribution is 7.91. The molecule has 25 heavy (non-hydrogen) atoms. The molecule has 0 unspecified atom stereocenters. The predicted molar refractivity (Wildman–Crippen MR) is 92.7 cm³/mol. The summed E-state index contributed by atoms with van der Waals surface area (Å²) < 4.78 is 24.5. The van der Waals surface area contributed by atoms with Crippen LogP contribution >= 0.6 is 0 Å². The molecule has 0 saturated carbocycles. The number of carbonyl (C=O) groups is 1. The van der Waals surface area contributed by atoms with Crippen LogP contribution in [0.5, 0.6) is 0 Å². The second-order valence-corrected chi connectivity index (χ2v) is 8.77. The summed E-state index contributed by atoms with van der Waals surface area (Å²) in [4.78, 5) is 23.6. The highest BCUT2D eigenvalue weighted by atomic mass is 32.2. The van der Waals surface area contributed by atoms with Gasteiger partial charge >= 0.3 is 0 Å². The number of sulfone groups is 1. The van der Waals surface area contributed by atoms with Crippen molar-refractivity contribution in [2.45, 2.75) is 18.6 Å². The molecule has 2 fully saturated rings. The first-order valence-electron chi connectivity index (χ1n) is 8.31. The van der Waals surface area contributed by atoms with Crippen LogP contribution in [-0.4, -0.2) is 70.8 Å². The van der Waals surface area contributed by atoms with Crippen molar-refractivity contribution in [3.05, 3.63) is 54.1 Å². The van der Waals surface area contributed by atoms with Gasteiger partial charge in [0.2, 0.25) is 0 Å². The molecule has 132 valence electrons. The SMILES string of the molecule is O=C(c1ccc[nH]1)N1CCN(Cc2ccncc2)[C@@H]2CS(=O)(=O)C[C@@H]21. The Morgan fingerprint density at radius 3 is 2.64 bits per heavy atom. The predicted octanol–water partition coefficient (Wildman–Crippen LogP) is 0.533. The van der Waals surface area contributed by atoms with Gasteiger partial charge < -0.3 is 9.88 Å². The number of aromatic amines is 1. The third-order valence-corrected chi connectivity index (χ3v) is 6.71. The largest absolute Gasteiger partial charge is 0.357 e. The summed E-state index contributed by atoms with van der Waals surface area (Å²) in [6.45, 7) is 1.86. The summed E-state index contributed by atoms with van der Waals surface area (Å²) in [5.41, 5.74) is 1.60. The van der Waals surface area contributed by atoms with Crippen molar-refractivity contribution < 1.29 is 13.2 Å². The lowest BCUT2D eigenvalue weighted by molar-refractivity contribution is 0.0302. The number of fused-ring (bicyclic) bond motifs is 1. The van der Waals surface area contributed by atoms with Gasteiger partial charge in [0.25, 0.3) is 5.91 Å². The Morgan fingerprint density at radius 2 is 1.92 bits per heavy atom. The molecule has 0 bridgehead atoms. The molecule has 2 aromatic rings. The molecule has 0 aromatic carbocycles. The van der Waals surface area contributed by atoms with E-state index >= 15 is 0 Å². The molecule has 2 atom stereocenters. The van der Waals surface area contributed by atoms with E-state index in [2.05, 4.69) is 14.9 Å². The van der Waals surface area contributed by atoms with Gasteiger partial charge in [0.1, 0.15) is 5.69 Å². The maximum absolute atomic E-state index is 12.8. The number of H-pyrrole nitrogens is 1. The van der Waals surface area contributed by atoms with Gasteiger partial charge in [-0.2, -0.15) is 0 Å². The fourth-order valence-electron chi connectivity index (χ4n) is 3.81. The van der Waals surface area contributed by atoms with Crippen molar-refractivity contribution in [2.24, 2.45) is 0 Å². The Hall–Kier alpha value is -2.19. The number of amides is 1. The smallest absolute Gasteiger partial charge is 0.270 e. The van der Waals surface area contributed by atoms with E-state index in [1.807, 2.05) is 12.1 Å². The maximum Gasteiger partial charge on any atom is 0.270 e. The van der Waals surface area contributed by atoms with Crippen LogP contribution in [0, 0.1) is 0 Å². The third kappa shape index (κ3) is 3.19. The minimum Gasteiger partial charge on any atom is -0.357 e. The lowest BCUT2D eigenvalue weighted by Gasteiger charge is -2.43. The van der Waals surface area contributed by atoms with E-state index in [0.29, 0.717) is 25.3 Å². The molecule has 0 radical (unpaired) electrons. The maximum atomic E-state index is 12.8. The number of aromatic nitrogens is 2. The number of nitrogens with zero attached hydrogens (tertiary/aromatic N) is 3. The van der Waals surface area contributed by atoms with Crippen LogP contribution in [0.1, 0.15) is 16.1 Å². The minimum atomic E-state index is -3.15. The van der Waals surface area contributed by atoms with Crippen LogP contribution in [0.25, 0.3) is 0 Å². The zero-order chi connectivity index (χ0) is 17.4. The Bertz CT molecular complexity index is 851. The Balaban J connectivity index is 1.59. The van der Waals surface area contributed by atoms with E-state index in [9.17, 15) is 13.2 Å². The molecule has 0 spiro atoms. The van der Waals surface area contributed by atoms with Gasteiger partial charge in [-0.15, -0.1) is 0 Å². The van der Waals surface area contributed by atoms with E-state index in [0.717, 1.165) is 5.56 Å². The number of pyridine rings is 1. The number of hydrogen-bond donors (Lipinski definition) is 1. The fraction of sp³-hybridized carbons (Fsp3) is 0.412. The zero-order valence-electron chi connectivity index (χ0n) is 13.7. The van der Waals surface area contributed by atoms with E-state index in [1.165, 1.54) is 0 Å². The van der Waals surface area contributed by atoms with E-state index in [4.69, 9.17) is 0 Å². The molecule has 1 N–H and O–H groups in total. The second kappa shape index (κ2) is 6.27. The van der Waals surface area contributed by atoms with Crippen LogP contribution in [-0.2, 0) is 16.4 Å². The summed E-state index contributed by atoms with van der Waals surface area (Å²) in [7, 11) is -3.15. The van der Waals surface area contributed by atoms with Gasteiger partial charge in [-0.05, 0) is 29.8 Å². The van der Waals surface area contributed by atoms with Gasteiger partial charge in [0, 0.05) is 44.3 Å². The third-order valence-electron chi connectivity index (χ3n) is 5.02. The summed E-state index contributed by atoms with van der Waals surface area (Å²) >= 11 is 0. The molecule has 2 aliphatic heterocycles. The van der Waals surface area contributed by atoms with Crippen LogP contribution in [0.2, 0.25) is 0 Å². The Kier molecular flexibility index (Phi) is 4.09. The van der Waals surface area contributed by atoms with Crippen molar-refractivity contribution >= 4 is 15.7 Å². The average Bonchev–Trinajstić information content (AvgIpc) is 3.22. The number of piperazine rings is 1. The molecule has 4 rings (SSSR count). The van der Waals surface area contributed by atoms with Crippen LogP contribution in [0.3, 0.4) is 0 Å². The highest BCUT2D eigenvalue weighted by Crippen LogP contribution is 2.29. The normalized spacial score (nSPS) is 25.7. The second-order valence-electron chi connectivity index (χ2n) is 6.62. The van der Waals surface area contributed by atoms with E-state index in [1.54, 1.807) is 35.6 Å². The minimum absolute atomic E-state index is 0.0387. The summed E-state index contributed by atoms with van der Waals surface area (Å²) in [5, 5.41) is 0. The fourth-order valence-corrected chi connectivity index (χ4v) is 5.83. The average molecular weight is 360 g/mol. The van der Waals surface area contributed by atoms with Crippen molar-refractivity contribution in [1.82, 2.24) is 19.8 Å². The van der Waals surface area contributed by atoms with Gasteiger partial charge in [-0.25, -0.2) is 8.42 Å². The van der Waals surface area contributed by atoms with Gasteiger partial charge in [-0.3, -0.25) is 14.7 Å². The Morgan fingerprint density at radius 1 is 1.16 bits per heavy atom. The molecule has 4 heterocycles. The number of rotatable bonds is 3. The zero-order valence-corrected chi connectivity index (χ0v) is 14.5. The van der Waals surface area contributed by atoms with Crippen LogP contribution in [0.4, 0.5) is 0 Å². The molecule has 2 saturated heterocycles. The Labute approximate surface area is 146 Å². The lowest BCUT2D eigenvalue weighted by Crippen LogP contribution is -2.60. The molecule has 0 aliphatic carbocycles. The van der Waals surface area contributed by atoms with Crippen LogP contribution in [0.15, 0.2) is 42.9 Å². The van der Waals surface area contributed by atoms with E-state index in [-0.39, 0.29) is 29.5 Å². The molecular formula is C17H20N4O3S. The molecule has 2 aliphatic rings. The lowest BCUT2D eigenvalue weighted by atomic mass is 10.0. The number of carbonyl (C=O) groups excluding carboxylic acids is 1. The van der Waals surface area contributed by atoms with Crippen molar-refractivity contribution in [1.29, 1.82) is 0 Å². The molecule has 2 aromatic heterocycles. The first-order valence-corrected chi connectivity index (χ1v) is 10.1.